The second-order valence-corrected chi connectivity index (χ2v) is 5.81. The summed E-state index contributed by atoms with van der Waals surface area (Å²) in [5, 5.41) is 5.23. The Balaban J connectivity index is 1.47. The number of aryl methyl sites for hydroxylation is 1. The van der Waals surface area contributed by atoms with Gasteiger partial charge >= 0.3 is 0 Å². The third kappa shape index (κ3) is 3.26. The van der Waals surface area contributed by atoms with E-state index in [-0.39, 0.29) is 0 Å². The lowest BCUT2D eigenvalue weighted by molar-refractivity contribution is 0.293. The van der Waals surface area contributed by atoms with Gasteiger partial charge in [0.05, 0.1) is 22.3 Å². The van der Waals surface area contributed by atoms with E-state index in [1.165, 1.54) is 5.56 Å². The molecule has 0 aliphatic carbocycles. The van der Waals surface area contributed by atoms with Crippen LogP contribution in [-0.2, 0) is 13.6 Å². The molecule has 0 saturated carbocycles. The minimum Gasteiger partial charge on any atom is -0.492 e. The average molecular weight is 312 g/mol. The molecule has 0 spiro atoms. The van der Waals surface area contributed by atoms with Crippen LogP contribution in [0, 0.1) is 0 Å². The maximum Gasteiger partial charge on any atom is 0.120 e. The molecule has 0 radical (unpaired) electrons. The van der Waals surface area contributed by atoms with Crippen LogP contribution >= 0.6 is 23.2 Å². The molecule has 0 bridgehead atoms. The summed E-state index contributed by atoms with van der Waals surface area (Å²) in [5.41, 5.74) is 1.23. The maximum absolute atomic E-state index is 5.95. The third-order valence-electron chi connectivity index (χ3n) is 3.31. The molecule has 1 saturated heterocycles. The van der Waals surface area contributed by atoms with E-state index in [0.717, 1.165) is 18.8 Å². The fraction of sp³-hybridized carbons (Fsp3) is 0.357. The Kier molecular flexibility index (Phi) is 3.87. The Bertz CT molecular complexity index is 614. The zero-order chi connectivity index (χ0) is 14.1. The molecule has 6 heteroatoms. The predicted molar refractivity (Wildman–Crippen MR) is 79.4 cm³/mol. The van der Waals surface area contributed by atoms with Crippen molar-refractivity contribution in [1.29, 1.82) is 0 Å². The number of ether oxygens (including phenoxy) is 1. The van der Waals surface area contributed by atoms with Gasteiger partial charge in [0.2, 0.25) is 0 Å². The van der Waals surface area contributed by atoms with Crippen molar-refractivity contribution in [3.8, 4) is 5.75 Å². The second kappa shape index (κ2) is 5.64. The molecule has 2 unspecified atom stereocenters. The molecule has 1 aromatic carbocycles. The highest BCUT2D eigenvalue weighted by Crippen LogP contribution is 2.27. The Morgan fingerprint density at radius 1 is 1.35 bits per heavy atom. The molecular weight excluding hydrogens is 297 g/mol. The maximum atomic E-state index is 5.95. The highest BCUT2D eigenvalue weighted by molar-refractivity contribution is 6.42. The van der Waals surface area contributed by atoms with Gasteiger partial charge < -0.3 is 4.74 Å². The molecule has 2 atom stereocenters. The smallest absolute Gasteiger partial charge is 0.120 e. The van der Waals surface area contributed by atoms with Crippen molar-refractivity contribution in [2.45, 2.75) is 12.6 Å². The molecule has 0 amide bonds. The minimum absolute atomic E-state index is 0.463. The summed E-state index contributed by atoms with van der Waals surface area (Å²) in [4.78, 5) is 2.34. The Labute approximate surface area is 127 Å². The zero-order valence-electron chi connectivity index (χ0n) is 11.1. The van der Waals surface area contributed by atoms with E-state index >= 15 is 0 Å². The fourth-order valence-corrected chi connectivity index (χ4v) is 2.41. The lowest BCUT2D eigenvalue weighted by Gasteiger charge is -2.07. The van der Waals surface area contributed by atoms with Gasteiger partial charge in [0.25, 0.3) is 0 Å². The van der Waals surface area contributed by atoms with Gasteiger partial charge in [-0.05, 0) is 12.1 Å². The van der Waals surface area contributed by atoms with E-state index in [9.17, 15) is 0 Å². The normalized spacial score (nSPS) is 20.9. The van der Waals surface area contributed by atoms with Crippen molar-refractivity contribution in [1.82, 2.24) is 14.7 Å². The van der Waals surface area contributed by atoms with Gasteiger partial charge in [-0.15, -0.1) is 0 Å². The van der Waals surface area contributed by atoms with Gasteiger partial charge in [0.15, 0.2) is 0 Å². The monoisotopic (exact) mass is 311 g/mol. The SMILES string of the molecule is Cn1cc(CN2CC2COc2ccc(Cl)c(Cl)c2)cn1. The molecule has 1 aliphatic heterocycles. The summed E-state index contributed by atoms with van der Waals surface area (Å²) in [5.74, 6) is 0.757. The fourth-order valence-electron chi connectivity index (χ4n) is 2.12. The Morgan fingerprint density at radius 2 is 2.20 bits per heavy atom. The molecule has 3 rings (SSSR count). The average Bonchev–Trinajstić information content (AvgIpc) is 3.02. The van der Waals surface area contributed by atoms with E-state index in [1.807, 2.05) is 30.2 Å². The number of aromatic nitrogens is 2. The molecule has 1 aromatic heterocycles. The minimum atomic E-state index is 0.463. The van der Waals surface area contributed by atoms with Crippen LogP contribution in [0.15, 0.2) is 30.6 Å². The Hall–Kier alpha value is -1.23. The van der Waals surface area contributed by atoms with E-state index < -0.39 is 0 Å². The van der Waals surface area contributed by atoms with Crippen molar-refractivity contribution in [2.24, 2.45) is 7.05 Å². The molecule has 1 aliphatic rings. The van der Waals surface area contributed by atoms with Gasteiger partial charge in [-0.2, -0.15) is 5.10 Å². The first-order chi connectivity index (χ1) is 9.61. The molecular formula is C14H15Cl2N3O. The molecule has 0 N–H and O–H groups in total. The number of hydrogen-bond donors (Lipinski definition) is 0. The molecule has 2 heterocycles. The first-order valence-corrected chi connectivity index (χ1v) is 7.17. The van der Waals surface area contributed by atoms with Crippen LogP contribution < -0.4 is 4.74 Å². The first-order valence-electron chi connectivity index (χ1n) is 6.41. The Morgan fingerprint density at radius 3 is 2.90 bits per heavy atom. The molecule has 106 valence electrons. The summed E-state index contributed by atoms with van der Waals surface area (Å²) in [6.07, 6.45) is 3.93. The van der Waals surface area contributed by atoms with E-state index in [1.54, 1.807) is 12.1 Å². The number of hydrogen-bond acceptors (Lipinski definition) is 3. The first kappa shape index (κ1) is 13.7. The zero-order valence-corrected chi connectivity index (χ0v) is 12.6. The number of halogens is 2. The number of benzene rings is 1. The summed E-state index contributed by atoms with van der Waals surface area (Å²) >= 11 is 11.8. The van der Waals surface area contributed by atoms with Crippen LogP contribution in [0.4, 0.5) is 0 Å². The van der Waals surface area contributed by atoms with Crippen molar-refractivity contribution >= 4 is 23.2 Å². The summed E-state index contributed by atoms with van der Waals surface area (Å²) in [7, 11) is 1.93. The van der Waals surface area contributed by atoms with E-state index in [4.69, 9.17) is 27.9 Å². The van der Waals surface area contributed by atoms with Gasteiger partial charge in [0.1, 0.15) is 12.4 Å². The van der Waals surface area contributed by atoms with Crippen LogP contribution in [0.25, 0.3) is 0 Å². The third-order valence-corrected chi connectivity index (χ3v) is 4.04. The number of nitrogens with zero attached hydrogens (tertiary/aromatic N) is 3. The van der Waals surface area contributed by atoms with Crippen molar-refractivity contribution in [2.75, 3.05) is 13.2 Å². The van der Waals surface area contributed by atoms with Gasteiger partial charge in [-0.25, -0.2) is 0 Å². The van der Waals surface area contributed by atoms with Crippen molar-refractivity contribution in [3.63, 3.8) is 0 Å². The van der Waals surface area contributed by atoms with Gasteiger partial charge in [-0.3, -0.25) is 9.58 Å². The van der Waals surface area contributed by atoms with Crippen LogP contribution in [0.1, 0.15) is 5.56 Å². The molecule has 20 heavy (non-hydrogen) atoms. The quantitative estimate of drug-likeness (QED) is 0.795. The standard InChI is InChI=1S/C14H15Cl2N3O/c1-18-6-10(5-17-18)7-19-8-11(19)9-20-12-2-3-13(15)14(16)4-12/h2-6,11H,7-9H2,1H3. The highest BCUT2D eigenvalue weighted by Gasteiger charge is 2.34. The summed E-state index contributed by atoms with van der Waals surface area (Å²) < 4.78 is 7.55. The second-order valence-electron chi connectivity index (χ2n) is 4.99. The van der Waals surface area contributed by atoms with Crippen LogP contribution in [0.3, 0.4) is 0 Å². The molecule has 2 aromatic rings. The van der Waals surface area contributed by atoms with Crippen molar-refractivity contribution < 1.29 is 4.74 Å². The topological polar surface area (TPSA) is 30.1 Å². The van der Waals surface area contributed by atoms with Crippen LogP contribution in [0.2, 0.25) is 10.0 Å². The van der Waals surface area contributed by atoms with Gasteiger partial charge in [0, 0.05) is 38.0 Å². The lowest BCUT2D eigenvalue weighted by atomic mass is 10.3. The summed E-state index contributed by atoms with van der Waals surface area (Å²) in [6.45, 7) is 2.64. The van der Waals surface area contributed by atoms with Crippen LogP contribution in [-0.4, -0.2) is 33.9 Å². The van der Waals surface area contributed by atoms with Gasteiger partial charge in [-0.1, -0.05) is 23.2 Å². The van der Waals surface area contributed by atoms with Crippen molar-refractivity contribution in [3.05, 3.63) is 46.2 Å². The van der Waals surface area contributed by atoms with Crippen LogP contribution in [0.5, 0.6) is 5.75 Å². The molecule has 4 nitrogen and oxygen atoms in total. The summed E-state index contributed by atoms with van der Waals surface area (Å²) in [6, 6.07) is 5.80. The van der Waals surface area contributed by atoms with E-state index in [2.05, 4.69) is 10.00 Å². The number of rotatable bonds is 5. The highest BCUT2D eigenvalue weighted by atomic mass is 35.5. The molecule has 1 fully saturated rings. The van der Waals surface area contributed by atoms with E-state index in [0.29, 0.717) is 22.7 Å². The largest absolute Gasteiger partial charge is 0.492 e. The lowest BCUT2D eigenvalue weighted by Crippen LogP contribution is -2.10. The predicted octanol–water partition coefficient (Wildman–Crippen LogP) is 2.99.